The van der Waals surface area contributed by atoms with Crippen LogP contribution in [0.15, 0.2) is 0 Å². The predicted molar refractivity (Wildman–Crippen MR) is 60.3 cm³/mol. The van der Waals surface area contributed by atoms with E-state index in [1.807, 2.05) is 0 Å². The molecule has 0 radical (unpaired) electrons. The Kier molecular flexibility index (Phi) is 63.7. The summed E-state index contributed by atoms with van der Waals surface area (Å²) in [4.78, 5) is 19.5. The van der Waals surface area contributed by atoms with Gasteiger partial charge in [0.2, 0.25) is 0 Å². The van der Waals surface area contributed by atoms with Crippen LogP contribution in [0.1, 0.15) is 34.1 Å². The van der Waals surface area contributed by atoms with E-state index in [9.17, 15) is 9.59 Å². The smallest absolute Gasteiger partial charge is 0.855 e. The fraction of sp³-hybridized carbons (Fsp3) is 0.800. The Morgan fingerprint density at radius 2 is 1.12 bits per heavy atom. The van der Waals surface area contributed by atoms with Crippen molar-refractivity contribution in [2.45, 2.75) is 34.1 Å². The summed E-state index contributed by atoms with van der Waals surface area (Å²) in [6.07, 6.45) is -0.361. The van der Waals surface area contributed by atoms with Crippen molar-refractivity contribution in [3.8, 4) is 0 Å². The molecule has 0 rings (SSSR count). The summed E-state index contributed by atoms with van der Waals surface area (Å²) in [7, 11) is 0. The third-order valence-corrected chi connectivity index (χ3v) is 0.400. The molecule has 0 aliphatic rings. The first kappa shape index (κ1) is 30.0. The number of hydrogen-bond donors (Lipinski definition) is 1. The summed E-state index contributed by atoms with van der Waals surface area (Å²) in [6, 6.07) is 0. The number of carboxylic acid groups (broad SMARTS) is 1. The fourth-order valence-corrected chi connectivity index (χ4v) is 0.213. The van der Waals surface area contributed by atoms with Gasteiger partial charge in [-0.15, -0.1) is 19.8 Å². The average molecular weight is 264 g/mol. The second kappa shape index (κ2) is 36.1. The van der Waals surface area contributed by atoms with Crippen molar-refractivity contribution in [3.05, 3.63) is 0 Å². The standard InChI is InChI=1S/C4H6O3.3C2H5O.Al/c1-3(5)2-4(6)7;3*1-2-3;/h2H2,1H3,(H,6,7);3*2H2,1H3;/q;3*-1;+3. The van der Waals surface area contributed by atoms with E-state index in [0.29, 0.717) is 0 Å². The monoisotopic (exact) mass is 264 g/mol. The van der Waals surface area contributed by atoms with Gasteiger partial charge in [0, 0.05) is 0 Å². The summed E-state index contributed by atoms with van der Waals surface area (Å²) < 4.78 is 0. The normalized spacial score (nSPS) is 6.53. The number of carbonyl (C=O) groups is 2. The molecule has 7 heteroatoms. The molecule has 1 N–H and O–H groups in total. The third kappa shape index (κ3) is 226. The maximum atomic E-state index is 9.87. The summed E-state index contributed by atoms with van der Waals surface area (Å²) >= 11 is 0. The molecule has 0 amide bonds. The van der Waals surface area contributed by atoms with Gasteiger partial charge in [0.15, 0.2) is 0 Å². The van der Waals surface area contributed by atoms with E-state index in [4.69, 9.17) is 20.4 Å². The molecule has 6 nitrogen and oxygen atoms in total. The number of carbonyl (C=O) groups excluding carboxylic acids is 1. The van der Waals surface area contributed by atoms with E-state index in [2.05, 4.69) is 0 Å². The van der Waals surface area contributed by atoms with Crippen LogP contribution in [0.3, 0.4) is 0 Å². The van der Waals surface area contributed by atoms with E-state index in [1.54, 1.807) is 20.8 Å². The van der Waals surface area contributed by atoms with Crippen LogP contribution < -0.4 is 15.3 Å². The van der Waals surface area contributed by atoms with Crippen molar-refractivity contribution in [1.82, 2.24) is 0 Å². The Bertz CT molecular complexity index is 124. The Morgan fingerprint density at radius 1 is 0.941 bits per heavy atom. The second-order valence-corrected chi connectivity index (χ2v) is 2.14. The third-order valence-electron chi connectivity index (χ3n) is 0.400. The molecule has 0 fully saturated rings. The topological polar surface area (TPSA) is 124 Å². The first-order valence-electron chi connectivity index (χ1n) is 4.83. The SMILES string of the molecule is CC(=O)CC(=O)O.CC[O-].CC[O-].CC[O-].[Al+3]. The van der Waals surface area contributed by atoms with Crippen molar-refractivity contribution in [1.29, 1.82) is 0 Å². The van der Waals surface area contributed by atoms with Crippen LogP contribution in [0.2, 0.25) is 0 Å². The zero-order chi connectivity index (χ0) is 14.0. The van der Waals surface area contributed by atoms with Gasteiger partial charge in [-0.2, -0.15) is 0 Å². The average Bonchev–Trinajstić information content (AvgIpc) is 2.04. The zero-order valence-electron chi connectivity index (χ0n) is 10.9. The van der Waals surface area contributed by atoms with Crippen LogP contribution in [0.25, 0.3) is 0 Å². The molecule has 0 unspecified atom stereocenters. The Hall–Kier alpha value is -0.448. The molecule has 0 aromatic carbocycles. The Balaban J connectivity index is -0.0000000411. The number of ketones is 1. The minimum absolute atomic E-state index is 0. The van der Waals surface area contributed by atoms with Crippen LogP contribution in [0, 0.1) is 0 Å². The van der Waals surface area contributed by atoms with Crippen LogP contribution >= 0.6 is 0 Å². The van der Waals surface area contributed by atoms with Crippen molar-refractivity contribution >= 4 is 29.1 Å². The van der Waals surface area contributed by atoms with Gasteiger partial charge in [-0.3, -0.25) is 9.59 Å². The van der Waals surface area contributed by atoms with Gasteiger partial charge in [0.25, 0.3) is 0 Å². The van der Waals surface area contributed by atoms with Gasteiger partial charge >= 0.3 is 23.3 Å². The fourth-order valence-electron chi connectivity index (χ4n) is 0.213. The Labute approximate surface area is 113 Å². The quantitative estimate of drug-likeness (QED) is 0.444. The maximum Gasteiger partial charge on any atom is 3.00 e. The minimum Gasteiger partial charge on any atom is -0.855 e. The van der Waals surface area contributed by atoms with Crippen molar-refractivity contribution in [2.75, 3.05) is 19.8 Å². The van der Waals surface area contributed by atoms with Crippen molar-refractivity contribution < 1.29 is 30.0 Å². The first-order chi connectivity index (χ1) is 7.37. The van der Waals surface area contributed by atoms with E-state index in [1.165, 1.54) is 6.92 Å². The van der Waals surface area contributed by atoms with E-state index >= 15 is 0 Å². The van der Waals surface area contributed by atoms with E-state index < -0.39 is 5.97 Å². The predicted octanol–water partition coefficient (Wildman–Crippen LogP) is -2.23. The van der Waals surface area contributed by atoms with Gasteiger partial charge in [-0.1, -0.05) is 20.8 Å². The zero-order valence-corrected chi connectivity index (χ0v) is 12.0. The molecule has 0 aliphatic heterocycles. The maximum absolute atomic E-state index is 9.87. The molecule has 100 valence electrons. The van der Waals surface area contributed by atoms with Gasteiger partial charge < -0.3 is 20.4 Å². The molecule has 0 saturated carbocycles. The minimum atomic E-state index is -1.06. The van der Waals surface area contributed by atoms with Gasteiger partial charge in [0.05, 0.1) is 0 Å². The van der Waals surface area contributed by atoms with Crippen LogP contribution in [0.5, 0.6) is 0 Å². The largest absolute Gasteiger partial charge is 3.00 e. The van der Waals surface area contributed by atoms with Gasteiger partial charge in [-0.25, -0.2) is 0 Å². The van der Waals surface area contributed by atoms with Crippen LogP contribution in [-0.4, -0.2) is 54.0 Å². The number of Topliss-reactive ketones (excluding diaryl/α,β-unsaturated/α-hetero) is 1. The molecule has 0 saturated heterocycles. The number of aliphatic carboxylic acids is 1. The molecule has 0 aromatic heterocycles. The molecule has 17 heavy (non-hydrogen) atoms. The van der Waals surface area contributed by atoms with Crippen LogP contribution in [0.4, 0.5) is 0 Å². The van der Waals surface area contributed by atoms with E-state index in [-0.39, 0.29) is 49.4 Å². The van der Waals surface area contributed by atoms with Gasteiger partial charge in [0.1, 0.15) is 12.2 Å². The number of hydrogen-bond acceptors (Lipinski definition) is 5. The summed E-state index contributed by atoms with van der Waals surface area (Å²) in [5, 5.41) is 34.7. The molecule has 0 bridgehead atoms. The van der Waals surface area contributed by atoms with Crippen molar-refractivity contribution in [3.63, 3.8) is 0 Å². The molecule has 0 spiro atoms. The summed E-state index contributed by atoms with van der Waals surface area (Å²) in [6.45, 7) is 5.95. The summed E-state index contributed by atoms with van der Waals surface area (Å²) in [5.74, 6) is -1.37. The molecule has 0 atom stereocenters. The number of rotatable bonds is 2. The Morgan fingerprint density at radius 3 is 1.12 bits per heavy atom. The van der Waals surface area contributed by atoms with Crippen molar-refractivity contribution in [2.24, 2.45) is 0 Å². The molecule has 0 heterocycles. The molecule has 0 aliphatic carbocycles. The number of carboxylic acids is 1. The second-order valence-electron chi connectivity index (χ2n) is 2.14. The molecular weight excluding hydrogens is 243 g/mol. The van der Waals surface area contributed by atoms with Crippen LogP contribution in [-0.2, 0) is 9.59 Å². The van der Waals surface area contributed by atoms with E-state index in [0.717, 1.165) is 0 Å². The molecular formula is C10H21AlO6. The van der Waals surface area contributed by atoms with Gasteiger partial charge in [-0.05, 0) is 6.92 Å². The first-order valence-corrected chi connectivity index (χ1v) is 4.83. The summed E-state index contributed by atoms with van der Waals surface area (Å²) in [5.41, 5.74) is 0. The molecule has 0 aromatic rings.